The van der Waals surface area contributed by atoms with Gasteiger partial charge in [-0.2, -0.15) is 0 Å². The normalized spacial score (nSPS) is 12.3. The summed E-state index contributed by atoms with van der Waals surface area (Å²) in [6, 6.07) is 61.5. The molecule has 0 saturated heterocycles. The molecule has 0 radical (unpaired) electrons. The summed E-state index contributed by atoms with van der Waals surface area (Å²) >= 11 is 0. The van der Waals surface area contributed by atoms with Gasteiger partial charge in [-0.25, -0.2) is 0 Å². The Bertz CT molecular complexity index is 3250. The third-order valence-corrected chi connectivity index (χ3v) is 12.9. The Hall–Kier alpha value is -6.76. The van der Waals surface area contributed by atoms with E-state index in [4.69, 9.17) is 0 Å². The van der Waals surface area contributed by atoms with Crippen LogP contribution in [0.2, 0.25) is 0 Å². The van der Waals surface area contributed by atoms with Crippen LogP contribution in [0.5, 0.6) is 0 Å². The highest BCUT2D eigenvalue weighted by atomic mass is 14.4. The summed E-state index contributed by atoms with van der Waals surface area (Å²) < 4.78 is 0. The maximum absolute atomic E-state index is 2.43. The van der Waals surface area contributed by atoms with Gasteiger partial charge in [-0.1, -0.05) is 164 Å². The first kappa shape index (κ1) is 30.7. The van der Waals surface area contributed by atoms with Crippen molar-refractivity contribution in [2.45, 2.75) is 20.8 Å². The Morgan fingerprint density at radius 3 is 1.22 bits per heavy atom. The van der Waals surface area contributed by atoms with Gasteiger partial charge in [0.05, 0.1) is 0 Å². The van der Waals surface area contributed by atoms with E-state index in [0.29, 0.717) is 0 Å². The first-order chi connectivity index (χ1) is 27.1. The minimum absolute atomic E-state index is 1.25. The Labute approximate surface area is 321 Å². The van der Waals surface area contributed by atoms with Gasteiger partial charge in [-0.15, -0.1) is 0 Å². The maximum Gasteiger partial charge on any atom is -0.000731 e. The van der Waals surface area contributed by atoms with Crippen molar-refractivity contribution in [3.8, 4) is 77.9 Å². The fourth-order valence-electron chi connectivity index (χ4n) is 10.6. The Kier molecular flexibility index (Phi) is 6.21. The third-order valence-electron chi connectivity index (χ3n) is 12.9. The van der Waals surface area contributed by atoms with Crippen LogP contribution in [0.3, 0.4) is 0 Å². The lowest BCUT2D eigenvalue weighted by Crippen LogP contribution is -1.95. The number of hydrogen-bond acceptors (Lipinski definition) is 0. The molecule has 0 atom stereocenters. The van der Waals surface area contributed by atoms with E-state index in [0.717, 1.165) is 0 Å². The average molecular weight is 697 g/mol. The molecule has 256 valence electrons. The van der Waals surface area contributed by atoms with Gasteiger partial charge in [0.2, 0.25) is 0 Å². The van der Waals surface area contributed by atoms with Gasteiger partial charge in [-0.3, -0.25) is 0 Å². The largest absolute Gasteiger partial charge is 0.0622 e. The number of fused-ring (bicyclic) bond motifs is 8. The second-order valence-electron chi connectivity index (χ2n) is 15.6. The zero-order chi connectivity index (χ0) is 36.5. The fourth-order valence-corrected chi connectivity index (χ4v) is 10.6. The summed E-state index contributed by atoms with van der Waals surface area (Å²) in [5, 5.41) is 10.7. The van der Waals surface area contributed by atoms with E-state index >= 15 is 0 Å². The minimum atomic E-state index is 1.25. The van der Waals surface area contributed by atoms with E-state index in [1.807, 2.05) is 0 Å². The Morgan fingerprint density at radius 2 is 0.636 bits per heavy atom. The zero-order valence-corrected chi connectivity index (χ0v) is 31.1. The van der Waals surface area contributed by atoms with Crippen LogP contribution in [0, 0.1) is 20.8 Å². The maximum atomic E-state index is 2.43. The molecule has 0 spiro atoms. The van der Waals surface area contributed by atoms with Gasteiger partial charge in [0.1, 0.15) is 0 Å². The van der Waals surface area contributed by atoms with Crippen molar-refractivity contribution >= 4 is 43.1 Å². The van der Waals surface area contributed by atoms with E-state index < -0.39 is 0 Å². The molecule has 10 aromatic rings. The van der Waals surface area contributed by atoms with Gasteiger partial charge in [0.25, 0.3) is 0 Å². The highest BCUT2D eigenvalue weighted by molar-refractivity contribution is 6.30. The van der Waals surface area contributed by atoms with Crippen LogP contribution in [-0.2, 0) is 0 Å². The molecule has 2 aliphatic rings. The van der Waals surface area contributed by atoms with Crippen molar-refractivity contribution in [2.75, 3.05) is 0 Å². The van der Waals surface area contributed by atoms with Gasteiger partial charge < -0.3 is 0 Å². The highest BCUT2D eigenvalue weighted by Crippen LogP contribution is 2.60. The molecule has 0 heteroatoms. The molecule has 0 fully saturated rings. The lowest BCUT2D eigenvalue weighted by atomic mass is 9.81. The minimum Gasteiger partial charge on any atom is -0.0622 e. The van der Waals surface area contributed by atoms with Crippen molar-refractivity contribution in [3.05, 3.63) is 180 Å². The molecular formula is C55H36. The van der Waals surface area contributed by atoms with Crippen molar-refractivity contribution < 1.29 is 0 Å². The summed E-state index contributed by atoms with van der Waals surface area (Å²) in [7, 11) is 0. The molecule has 0 saturated carbocycles. The number of aryl methyl sites for hydroxylation is 3. The average Bonchev–Trinajstić information content (AvgIpc) is 3.75. The predicted molar refractivity (Wildman–Crippen MR) is 236 cm³/mol. The summed E-state index contributed by atoms with van der Waals surface area (Å²) in [6.07, 6.45) is 0. The first-order valence-electron chi connectivity index (χ1n) is 19.5. The second-order valence-corrected chi connectivity index (χ2v) is 15.6. The topological polar surface area (TPSA) is 0 Å². The van der Waals surface area contributed by atoms with Gasteiger partial charge >= 0.3 is 0 Å². The van der Waals surface area contributed by atoms with E-state index in [2.05, 4.69) is 185 Å². The number of rotatable bonds is 3. The van der Waals surface area contributed by atoms with Crippen LogP contribution < -0.4 is 0 Å². The molecule has 2 aliphatic carbocycles. The third kappa shape index (κ3) is 3.96. The van der Waals surface area contributed by atoms with E-state index in [1.165, 1.54) is 138 Å². The lowest BCUT2D eigenvalue weighted by Gasteiger charge is -2.21. The molecule has 0 heterocycles. The molecule has 0 nitrogen and oxygen atoms in total. The Balaban J connectivity index is 1.18. The summed E-state index contributed by atoms with van der Waals surface area (Å²) in [4.78, 5) is 0. The van der Waals surface area contributed by atoms with Gasteiger partial charge in [0, 0.05) is 0 Å². The van der Waals surface area contributed by atoms with Crippen LogP contribution in [0.25, 0.3) is 121 Å². The van der Waals surface area contributed by atoms with Crippen molar-refractivity contribution in [3.63, 3.8) is 0 Å². The van der Waals surface area contributed by atoms with Gasteiger partial charge in [0.15, 0.2) is 0 Å². The van der Waals surface area contributed by atoms with E-state index in [1.54, 1.807) is 0 Å². The van der Waals surface area contributed by atoms with Crippen LogP contribution in [0.1, 0.15) is 16.7 Å². The lowest BCUT2D eigenvalue weighted by molar-refractivity contribution is 1.47. The molecule has 0 aliphatic heterocycles. The summed E-state index contributed by atoms with van der Waals surface area (Å²) in [5.74, 6) is 0. The molecular weight excluding hydrogens is 661 g/mol. The zero-order valence-electron chi connectivity index (χ0n) is 31.1. The summed E-state index contributed by atoms with van der Waals surface area (Å²) in [6.45, 7) is 6.90. The Morgan fingerprint density at radius 1 is 0.236 bits per heavy atom. The first-order valence-corrected chi connectivity index (χ1v) is 19.5. The van der Waals surface area contributed by atoms with Gasteiger partial charge in [-0.05, 0) is 158 Å². The van der Waals surface area contributed by atoms with E-state index in [9.17, 15) is 0 Å². The molecule has 0 aromatic heterocycles. The predicted octanol–water partition coefficient (Wildman–Crippen LogP) is 15.5. The standard InChI is InChI=1S/C55H36/c1-31-15-12-24-42-47(31)51(35-18-8-5-9-19-35)55-46-30-28-39(41-23-14-26-44(53(41)46)54(55)50(42)34-16-6-4-7-17-34)38-27-29-45-49-33(3)37-21-11-10-20-36(37)32(2)48(49)43-25-13-22-40(38)52(43)45/h4-30H,1-3H3. The van der Waals surface area contributed by atoms with Crippen LogP contribution in [0.15, 0.2) is 164 Å². The van der Waals surface area contributed by atoms with Crippen LogP contribution in [-0.4, -0.2) is 0 Å². The van der Waals surface area contributed by atoms with Crippen molar-refractivity contribution in [1.29, 1.82) is 0 Å². The SMILES string of the molecule is Cc1c2c(c(C)c3ccccc13)-c1ccc(-c3ccc4c5c(cccc35)-c3c-4c(-c4ccccc4)c4c(C)cccc4c3-c3ccccc3)c3cccc-2c13. The number of hydrogen-bond donors (Lipinski definition) is 0. The monoisotopic (exact) mass is 696 g/mol. The van der Waals surface area contributed by atoms with E-state index in [-0.39, 0.29) is 0 Å². The van der Waals surface area contributed by atoms with Crippen molar-refractivity contribution in [2.24, 2.45) is 0 Å². The molecule has 0 bridgehead atoms. The quantitative estimate of drug-likeness (QED) is 0.172. The van der Waals surface area contributed by atoms with Crippen LogP contribution in [0.4, 0.5) is 0 Å². The second kappa shape index (κ2) is 11.1. The number of benzene rings is 10. The highest BCUT2D eigenvalue weighted by Gasteiger charge is 2.33. The molecule has 55 heavy (non-hydrogen) atoms. The molecule has 0 unspecified atom stereocenters. The molecule has 12 rings (SSSR count). The summed E-state index contributed by atoms with van der Waals surface area (Å²) in [5.41, 5.74) is 22.6. The fraction of sp³-hybridized carbons (Fsp3) is 0.0545. The van der Waals surface area contributed by atoms with Crippen LogP contribution >= 0.6 is 0 Å². The molecule has 0 N–H and O–H groups in total. The molecule has 0 amide bonds. The smallest absolute Gasteiger partial charge is 0.000731 e. The molecule has 10 aromatic carbocycles. The van der Waals surface area contributed by atoms with Crippen molar-refractivity contribution in [1.82, 2.24) is 0 Å².